The molecule has 4 N–H and O–H groups in total. The normalized spacial score (nSPS) is 14.6. The van der Waals surface area contributed by atoms with E-state index in [1.165, 1.54) is 27.5 Å². The first kappa shape index (κ1) is 18.7. The first-order valence-corrected chi connectivity index (χ1v) is 9.35. The van der Waals surface area contributed by atoms with Gasteiger partial charge in [-0.05, 0) is 46.0 Å². The van der Waals surface area contributed by atoms with Gasteiger partial charge < -0.3 is 11.5 Å². The highest BCUT2D eigenvalue weighted by Crippen LogP contribution is 2.29. The predicted molar refractivity (Wildman–Crippen MR) is 118 cm³/mol. The van der Waals surface area contributed by atoms with Gasteiger partial charge in [0.15, 0.2) is 0 Å². The third kappa shape index (κ3) is 4.36. The Labute approximate surface area is 161 Å². The van der Waals surface area contributed by atoms with Crippen LogP contribution in [0.3, 0.4) is 0 Å². The summed E-state index contributed by atoms with van der Waals surface area (Å²) in [6.07, 6.45) is 9.21. The molecule has 0 atom stereocenters. The topological polar surface area (TPSA) is 52.0 Å². The molecular formula is C25H26N2. The number of rotatable bonds is 2. The lowest BCUT2D eigenvalue weighted by Gasteiger charge is -2.11. The molecule has 0 heterocycles. The summed E-state index contributed by atoms with van der Waals surface area (Å²) in [4.78, 5) is 0. The van der Waals surface area contributed by atoms with Crippen LogP contribution in [0.5, 0.6) is 0 Å². The summed E-state index contributed by atoms with van der Waals surface area (Å²) in [5.41, 5.74) is 16.8. The fourth-order valence-electron chi connectivity index (χ4n) is 3.20. The number of fused-ring (bicyclic) bond motifs is 1. The number of hydrogen-bond donors (Lipinski definition) is 2. The van der Waals surface area contributed by atoms with Crippen molar-refractivity contribution in [3.8, 4) is 11.1 Å². The summed E-state index contributed by atoms with van der Waals surface area (Å²) in [5.74, 6) is 0. The second-order valence-corrected chi connectivity index (χ2v) is 6.44. The van der Waals surface area contributed by atoms with Crippen LogP contribution in [0.15, 0.2) is 96.6 Å². The van der Waals surface area contributed by atoms with Crippen LogP contribution < -0.4 is 11.5 Å². The Bertz CT molecular complexity index is 987. The average molecular weight is 354 g/mol. The summed E-state index contributed by atoms with van der Waals surface area (Å²) in [7, 11) is 0. The molecule has 0 amide bonds. The van der Waals surface area contributed by atoms with E-state index in [2.05, 4.69) is 85.0 Å². The van der Waals surface area contributed by atoms with Crippen molar-refractivity contribution in [1.29, 1.82) is 0 Å². The highest BCUT2D eigenvalue weighted by Gasteiger charge is 2.06. The van der Waals surface area contributed by atoms with E-state index < -0.39 is 0 Å². The van der Waals surface area contributed by atoms with E-state index in [1.54, 1.807) is 0 Å². The van der Waals surface area contributed by atoms with Crippen LogP contribution in [0.25, 0.3) is 27.6 Å². The molecule has 1 aliphatic rings. The van der Waals surface area contributed by atoms with E-state index in [0.717, 1.165) is 24.2 Å². The van der Waals surface area contributed by atoms with Gasteiger partial charge in [-0.15, -0.1) is 0 Å². The monoisotopic (exact) mass is 354 g/mol. The van der Waals surface area contributed by atoms with Gasteiger partial charge in [-0.1, -0.05) is 98.0 Å². The van der Waals surface area contributed by atoms with E-state index in [1.807, 2.05) is 13.0 Å². The van der Waals surface area contributed by atoms with Crippen molar-refractivity contribution in [2.24, 2.45) is 11.5 Å². The highest BCUT2D eigenvalue weighted by molar-refractivity contribution is 5.96. The van der Waals surface area contributed by atoms with Crippen molar-refractivity contribution in [1.82, 2.24) is 0 Å². The van der Waals surface area contributed by atoms with Gasteiger partial charge in [0.25, 0.3) is 0 Å². The molecule has 136 valence electrons. The van der Waals surface area contributed by atoms with E-state index in [4.69, 9.17) is 11.5 Å². The summed E-state index contributed by atoms with van der Waals surface area (Å²) in [6.45, 7) is 2.65. The first-order chi connectivity index (χ1) is 13.2. The van der Waals surface area contributed by atoms with Crippen LogP contribution >= 0.6 is 0 Å². The molecule has 0 saturated heterocycles. The summed E-state index contributed by atoms with van der Waals surface area (Å²) < 4.78 is 0. The van der Waals surface area contributed by atoms with Crippen molar-refractivity contribution in [3.05, 3.63) is 102 Å². The van der Waals surface area contributed by atoms with Gasteiger partial charge in [-0.25, -0.2) is 0 Å². The SMILES string of the molecule is CCN.N/C(=C1/C=CC=CC1)c1ccc(-c2cccc3ccccc23)cc1. The quantitative estimate of drug-likeness (QED) is 0.624. The average Bonchev–Trinajstić information content (AvgIpc) is 2.74. The van der Waals surface area contributed by atoms with Crippen LogP contribution in [0.4, 0.5) is 0 Å². The minimum Gasteiger partial charge on any atom is -0.398 e. The Balaban J connectivity index is 0.000000659. The molecule has 3 aromatic rings. The first-order valence-electron chi connectivity index (χ1n) is 9.35. The minimum atomic E-state index is 0.750. The molecule has 27 heavy (non-hydrogen) atoms. The summed E-state index contributed by atoms with van der Waals surface area (Å²) in [6, 6.07) is 23.5. The molecule has 4 rings (SSSR count). The zero-order valence-electron chi connectivity index (χ0n) is 15.7. The molecule has 3 aromatic carbocycles. The van der Waals surface area contributed by atoms with Gasteiger partial charge in [0, 0.05) is 5.70 Å². The van der Waals surface area contributed by atoms with Crippen molar-refractivity contribution in [2.75, 3.05) is 6.54 Å². The minimum absolute atomic E-state index is 0.750. The van der Waals surface area contributed by atoms with Gasteiger partial charge >= 0.3 is 0 Å². The molecule has 0 aromatic heterocycles. The molecule has 0 spiro atoms. The number of hydrogen-bond acceptors (Lipinski definition) is 2. The Morgan fingerprint density at radius 2 is 1.59 bits per heavy atom. The highest BCUT2D eigenvalue weighted by atomic mass is 14.6. The Morgan fingerprint density at radius 1 is 0.889 bits per heavy atom. The van der Waals surface area contributed by atoms with Crippen LogP contribution in [0.1, 0.15) is 18.9 Å². The molecule has 0 bridgehead atoms. The van der Waals surface area contributed by atoms with Gasteiger partial charge in [-0.3, -0.25) is 0 Å². The van der Waals surface area contributed by atoms with Crippen molar-refractivity contribution >= 4 is 16.5 Å². The largest absolute Gasteiger partial charge is 0.398 e. The molecule has 0 saturated carbocycles. The zero-order valence-corrected chi connectivity index (χ0v) is 15.7. The van der Waals surface area contributed by atoms with Crippen molar-refractivity contribution < 1.29 is 0 Å². The lowest BCUT2D eigenvalue weighted by atomic mass is 9.96. The van der Waals surface area contributed by atoms with Gasteiger partial charge in [0.1, 0.15) is 0 Å². The fourth-order valence-corrected chi connectivity index (χ4v) is 3.20. The molecule has 0 fully saturated rings. The molecular weight excluding hydrogens is 328 g/mol. The molecule has 0 unspecified atom stereocenters. The number of allylic oxidation sites excluding steroid dienone is 5. The maximum Gasteiger partial charge on any atom is 0.0423 e. The van der Waals surface area contributed by atoms with E-state index in [0.29, 0.717) is 0 Å². The van der Waals surface area contributed by atoms with Gasteiger partial charge in [-0.2, -0.15) is 0 Å². The second kappa shape index (κ2) is 9.02. The van der Waals surface area contributed by atoms with E-state index in [9.17, 15) is 0 Å². The van der Waals surface area contributed by atoms with Crippen LogP contribution in [0.2, 0.25) is 0 Å². The molecule has 0 radical (unpaired) electrons. The summed E-state index contributed by atoms with van der Waals surface area (Å²) >= 11 is 0. The Hall–Kier alpha value is -3.10. The van der Waals surface area contributed by atoms with Gasteiger partial charge in [0.05, 0.1) is 0 Å². The Kier molecular flexibility index (Phi) is 6.24. The standard InChI is InChI=1S/C23H19N.C2H7N/c24-23(19-8-2-1-3-9-19)20-15-13-18(14-16-20)22-12-6-10-17-7-4-5-11-21(17)22;1-2-3/h1-8,10-16H,9,24H2;2-3H2,1H3/b23-19-;. The molecule has 1 aliphatic carbocycles. The van der Waals surface area contributed by atoms with Crippen LogP contribution in [-0.2, 0) is 0 Å². The number of nitrogens with two attached hydrogens (primary N) is 2. The van der Waals surface area contributed by atoms with Crippen LogP contribution in [0, 0.1) is 0 Å². The summed E-state index contributed by atoms with van der Waals surface area (Å²) in [5, 5.41) is 2.54. The van der Waals surface area contributed by atoms with Crippen molar-refractivity contribution in [2.45, 2.75) is 13.3 Å². The molecule has 2 nitrogen and oxygen atoms in total. The van der Waals surface area contributed by atoms with Gasteiger partial charge in [0.2, 0.25) is 0 Å². The third-order valence-corrected chi connectivity index (χ3v) is 4.52. The maximum absolute atomic E-state index is 6.34. The lowest BCUT2D eigenvalue weighted by molar-refractivity contribution is 1.14. The third-order valence-electron chi connectivity index (χ3n) is 4.52. The zero-order chi connectivity index (χ0) is 19.1. The maximum atomic E-state index is 6.34. The fraction of sp³-hybridized carbons (Fsp3) is 0.120. The Morgan fingerprint density at radius 3 is 2.30 bits per heavy atom. The lowest BCUT2D eigenvalue weighted by Crippen LogP contribution is -2.01. The van der Waals surface area contributed by atoms with Crippen molar-refractivity contribution in [3.63, 3.8) is 0 Å². The predicted octanol–water partition coefficient (Wildman–Crippen LogP) is 5.66. The molecule has 0 aliphatic heterocycles. The van der Waals surface area contributed by atoms with E-state index in [-0.39, 0.29) is 0 Å². The number of benzene rings is 3. The van der Waals surface area contributed by atoms with Crippen LogP contribution in [-0.4, -0.2) is 6.54 Å². The smallest absolute Gasteiger partial charge is 0.0423 e. The van der Waals surface area contributed by atoms with E-state index >= 15 is 0 Å². The second-order valence-electron chi connectivity index (χ2n) is 6.44. The molecule has 2 heteroatoms.